The molecule has 0 aliphatic heterocycles. The van der Waals surface area contributed by atoms with Crippen LogP contribution < -0.4 is 0 Å². The molecule has 2 rings (SSSR count). The van der Waals surface area contributed by atoms with Gasteiger partial charge in [-0.15, -0.1) is 11.3 Å². The van der Waals surface area contributed by atoms with Crippen molar-refractivity contribution in [1.29, 1.82) is 0 Å². The number of ether oxygens (including phenoxy) is 1. The average Bonchev–Trinajstić information content (AvgIpc) is 2.76. The average molecular weight is 210 g/mol. The Hall–Kier alpha value is -0.830. The van der Waals surface area contributed by atoms with E-state index < -0.39 is 0 Å². The van der Waals surface area contributed by atoms with Crippen LogP contribution in [0.2, 0.25) is 0 Å². The fourth-order valence-electron chi connectivity index (χ4n) is 2.17. The van der Waals surface area contributed by atoms with Gasteiger partial charge in [0.15, 0.2) is 0 Å². The molecule has 14 heavy (non-hydrogen) atoms. The van der Waals surface area contributed by atoms with Gasteiger partial charge < -0.3 is 4.74 Å². The van der Waals surface area contributed by atoms with Crippen LogP contribution in [0.15, 0.2) is 5.38 Å². The first-order chi connectivity index (χ1) is 6.77. The van der Waals surface area contributed by atoms with Crippen molar-refractivity contribution in [2.24, 2.45) is 0 Å². The molecule has 1 atom stereocenters. The smallest absolute Gasteiger partial charge is 0.339 e. The SMILES string of the molecule is CCC1CCc2scc(C(=O)OC)c21. The zero-order valence-electron chi connectivity index (χ0n) is 8.50. The second kappa shape index (κ2) is 3.73. The summed E-state index contributed by atoms with van der Waals surface area (Å²) in [6, 6.07) is 0. The summed E-state index contributed by atoms with van der Waals surface area (Å²) in [5, 5.41) is 1.94. The molecule has 1 heterocycles. The number of hydrogen-bond acceptors (Lipinski definition) is 3. The molecule has 1 aromatic rings. The van der Waals surface area contributed by atoms with E-state index in [1.165, 1.54) is 24.0 Å². The van der Waals surface area contributed by atoms with Crippen molar-refractivity contribution in [2.75, 3.05) is 7.11 Å². The van der Waals surface area contributed by atoms with Crippen LogP contribution in [0.1, 0.15) is 46.5 Å². The molecule has 0 spiro atoms. The summed E-state index contributed by atoms with van der Waals surface area (Å²) >= 11 is 1.70. The molecule has 0 saturated carbocycles. The van der Waals surface area contributed by atoms with Gasteiger partial charge in [-0.05, 0) is 30.7 Å². The lowest BCUT2D eigenvalue weighted by atomic mass is 9.97. The van der Waals surface area contributed by atoms with Crippen molar-refractivity contribution in [3.63, 3.8) is 0 Å². The van der Waals surface area contributed by atoms with Crippen molar-refractivity contribution >= 4 is 17.3 Å². The van der Waals surface area contributed by atoms with Crippen molar-refractivity contribution < 1.29 is 9.53 Å². The van der Waals surface area contributed by atoms with Crippen LogP contribution in [0, 0.1) is 0 Å². The number of thiophene rings is 1. The molecule has 3 heteroatoms. The predicted molar refractivity (Wildman–Crippen MR) is 57.0 cm³/mol. The van der Waals surface area contributed by atoms with Gasteiger partial charge in [0.05, 0.1) is 12.7 Å². The van der Waals surface area contributed by atoms with Crippen LogP contribution in [0.4, 0.5) is 0 Å². The van der Waals surface area contributed by atoms with Crippen LogP contribution in [0.3, 0.4) is 0 Å². The molecule has 2 nitrogen and oxygen atoms in total. The topological polar surface area (TPSA) is 26.3 Å². The molecule has 0 amide bonds. The highest BCUT2D eigenvalue weighted by Crippen LogP contribution is 2.41. The minimum Gasteiger partial charge on any atom is -0.465 e. The maximum absolute atomic E-state index is 11.5. The summed E-state index contributed by atoms with van der Waals surface area (Å²) in [5.41, 5.74) is 2.07. The molecule has 0 aromatic carbocycles. The molecule has 76 valence electrons. The largest absolute Gasteiger partial charge is 0.465 e. The van der Waals surface area contributed by atoms with Gasteiger partial charge in [-0.2, -0.15) is 0 Å². The number of hydrogen-bond donors (Lipinski definition) is 0. The number of methoxy groups -OCH3 is 1. The van der Waals surface area contributed by atoms with Crippen LogP contribution >= 0.6 is 11.3 Å². The Morgan fingerprint density at radius 2 is 2.50 bits per heavy atom. The molecule has 1 aliphatic carbocycles. The summed E-state index contributed by atoms with van der Waals surface area (Å²) < 4.78 is 4.78. The summed E-state index contributed by atoms with van der Waals surface area (Å²) in [7, 11) is 1.45. The Bertz CT molecular complexity index is 354. The van der Waals surface area contributed by atoms with E-state index in [0.717, 1.165) is 18.4 Å². The molecular weight excluding hydrogens is 196 g/mol. The van der Waals surface area contributed by atoms with Gasteiger partial charge in [-0.1, -0.05) is 6.92 Å². The van der Waals surface area contributed by atoms with Crippen LogP contribution in [-0.2, 0) is 11.2 Å². The van der Waals surface area contributed by atoms with Crippen molar-refractivity contribution in [2.45, 2.75) is 32.1 Å². The highest BCUT2D eigenvalue weighted by molar-refractivity contribution is 7.10. The zero-order chi connectivity index (χ0) is 10.1. The monoisotopic (exact) mass is 210 g/mol. The summed E-state index contributed by atoms with van der Waals surface area (Å²) in [6.07, 6.45) is 3.45. The second-order valence-electron chi connectivity index (χ2n) is 3.62. The van der Waals surface area contributed by atoms with E-state index in [-0.39, 0.29) is 5.97 Å². The van der Waals surface area contributed by atoms with E-state index in [1.807, 2.05) is 5.38 Å². The number of aryl methyl sites for hydroxylation is 1. The molecule has 0 saturated heterocycles. The minimum absolute atomic E-state index is 0.178. The van der Waals surface area contributed by atoms with Crippen LogP contribution in [0.25, 0.3) is 0 Å². The molecule has 1 aliphatic rings. The van der Waals surface area contributed by atoms with E-state index in [9.17, 15) is 4.79 Å². The normalized spacial score (nSPS) is 19.4. The van der Waals surface area contributed by atoms with E-state index in [0.29, 0.717) is 5.92 Å². The highest BCUT2D eigenvalue weighted by atomic mass is 32.1. The number of fused-ring (bicyclic) bond motifs is 1. The third-order valence-electron chi connectivity index (χ3n) is 2.94. The first-order valence-electron chi connectivity index (χ1n) is 4.96. The Labute approximate surface area is 87.9 Å². The van der Waals surface area contributed by atoms with E-state index in [4.69, 9.17) is 4.74 Å². The molecule has 0 bridgehead atoms. The van der Waals surface area contributed by atoms with E-state index >= 15 is 0 Å². The molecule has 0 N–H and O–H groups in total. The molecule has 0 fully saturated rings. The Morgan fingerprint density at radius 3 is 3.14 bits per heavy atom. The van der Waals surface area contributed by atoms with Crippen molar-refractivity contribution in [1.82, 2.24) is 0 Å². The molecule has 1 unspecified atom stereocenters. The van der Waals surface area contributed by atoms with E-state index in [1.54, 1.807) is 11.3 Å². The predicted octanol–water partition coefficient (Wildman–Crippen LogP) is 2.97. The third kappa shape index (κ3) is 1.36. The summed E-state index contributed by atoms with van der Waals surface area (Å²) in [4.78, 5) is 12.9. The zero-order valence-corrected chi connectivity index (χ0v) is 9.32. The fourth-order valence-corrected chi connectivity index (χ4v) is 3.30. The first kappa shape index (κ1) is 9.71. The number of carbonyl (C=O) groups excluding carboxylic acids is 1. The standard InChI is InChI=1S/C11H14O2S/c1-3-7-4-5-9-10(7)8(6-14-9)11(12)13-2/h6-7H,3-5H2,1-2H3. The van der Waals surface area contributed by atoms with Crippen molar-refractivity contribution in [3.8, 4) is 0 Å². The van der Waals surface area contributed by atoms with Gasteiger partial charge >= 0.3 is 5.97 Å². The van der Waals surface area contributed by atoms with Crippen LogP contribution in [-0.4, -0.2) is 13.1 Å². The Morgan fingerprint density at radius 1 is 1.71 bits per heavy atom. The van der Waals surface area contributed by atoms with Crippen LogP contribution in [0.5, 0.6) is 0 Å². The molecule has 1 aromatic heterocycles. The van der Waals surface area contributed by atoms with Gasteiger partial charge in [-0.3, -0.25) is 0 Å². The molecular formula is C11H14O2S. The van der Waals surface area contributed by atoms with Gasteiger partial charge in [0.1, 0.15) is 0 Å². The first-order valence-corrected chi connectivity index (χ1v) is 5.84. The second-order valence-corrected chi connectivity index (χ2v) is 4.59. The maximum Gasteiger partial charge on any atom is 0.339 e. The lowest BCUT2D eigenvalue weighted by Crippen LogP contribution is -2.04. The van der Waals surface area contributed by atoms with Gasteiger partial charge in [0, 0.05) is 10.3 Å². The summed E-state index contributed by atoms with van der Waals surface area (Å²) in [5.74, 6) is 0.396. The minimum atomic E-state index is -0.178. The number of esters is 1. The number of rotatable bonds is 2. The van der Waals surface area contributed by atoms with Gasteiger partial charge in [0.2, 0.25) is 0 Å². The van der Waals surface area contributed by atoms with E-state index in [2.05, 4.69) is 6.92 Å². The Kier molecular flexibility index (Phi) is 2.59. The highest BCUT2D eigenvalue weighted by Gasteiger charge is 2.28. The lowest BCUT2D eigenvalue weighted by molar-refractivity contribution is 0.0599. The Balaban J connectivity index is 2.40. The lowest BCUT2D eigenvalue weighted by Gasteiger charge is -2.08. The third-order valence-corrected chi connectivity index (χ3v) is 4.00. The number of carbonyl (C=O) groups is 1. The fraction of sp³-hybridized carbons (Fsp3) is 0.545. The summed E-state index contributed by atoms with van der Waals surface area (Å²) in [6.45, 7) is 2.18. The van der Waals surface area contributed by atoms with Crippen molar-refractivity contribution in [3.05, 3.63) is 21.4 Å². The quantitative estimate of drug-likeness (QED) is 0.701. The maximum atomic E-state index is 11.5. The molecule has 0 radical (unpaired) electrons. The van der Waals surface area contributed by atoms with Gasteiger partial charge in [-0.25, -0.2) is 4.79 Å². The van der Waals surface area contributed by atoms with Gasteiger partial charge in [0.25, 0.3) is 0 Å².